The van der Waals surface area contributed by atoms with E-state index in [-0.39, 0.29) is 23.3 Å². The highest BCUT2D eigenvalue weighted by Crippen LogP contribution is 2.38. The maximum Gasteiger partial charge on any atom is 0.254 e. The van der Waals surface area contributed by atoms with E-state index in [0.29, 0.717) is 29.8 Å². The molecular weight excluding hydrogens is 424 g/mol. The zero-order valence-electron chi connectivity index (χ0n) is 18.4. The van der Waals surface area contributed by atoms with E-state index in [1.807, 2.05) is 30.8 Å². The van der Waals surface area contributed by atoms with E-state index in [2.05, 4.69) is 20.5 Å². The fraction of sp³-hybridized carbons (Fsp3) is 0.458. The molecule has 1 fully saturated rings. The van der Waals surface area contributed by atoms with Crippen LogP contribution in [-0.2, 0) is 15.1 Å². The number of benzene rings is 1. The molecule has 32 heavy (non-hydrogen) atoms. The number of thioether (sulfide) groups is 1. The molecule has 3 N–H and O–H groups in total. The van der Waals surface area contributed by atoms with Crippen LogP contribution >= 0.6 is 11.8 Å². The van der Waals surface area contributed by atoms with Crippen LogP contribution in [0.1, 0.15) is 55.3 Å². The van der Waals surface area contributed by atoms with Gasteiger partial charge in [0.1, 0.15) is 6.04 Å². The highest BCUT2D eigenvalue weighted by atomic mass is 32.2. The van der Waals surface area contributed by atoms with E-state index in [0.717, 1.165) is 31.4 Å². The van der Waals surface area contributed by atoms with Crippen molar-refractivity contribution in [3.05, 3.63) is 48.3 Å². The summed E-state index contributed by atoms with van der Waals surface area (Å²) >= 11 is 1.63. The lowest BCUT2D eigenvalue weighted by Gasteiger charge is -2.38. The summed E-state index contributed by atoms with van der Waals surface area (Å²) in [6.45, 7) is 0. The fourth-order valence-electron chi connectivity index (χ4n) is 4.77. The molecule has 2 aliphatic rings. The van der Waals surface area contributed by atoms with Gasteiger partial charge in [-0.25, -0.2) is 0 Å². The molecule has 2 aromatic rings. The third-order valence-electron chi connectivity index (χ3n) is 6.46. The summed E-state index contributed by atoms with van der Waals surface area (Å²) in [6.07, 6.45) is 12.4. The second-order valence-corrected chi connectivity index (χ2v) is 9.64. The standard InChI is InChI=1S/C24H30N4O3S/c1-32-14-9-20-23(31)26-19-8-7-17(15-18(19)22(30)27-20)25-21(29)16-24(10-3-2-4-11-24)28-12-5-6-13-28/h5-8,12-13,15,20H,2-4,9-11,14,16H2,1H3,(H,25,29)(H,26,31)(H,27,30). The Morgan fingerprint density at radius 2 is 1.94 bits per heavy atom. The summed E-state index contributed by atoms with van der Waals surface area (Å²) in [7, 11) is 0. The van der Waals surface area contributed by atoms with Gasteiger partial charge in [0.15, 0.2) is 0 Å². The predicted octanol–water partition coefficient (Wildman–Crippen LogP) is 3.98. The Balaban J connectivity index is 1.48. The number of nitrogens with one attached hydrogen (secondary N) is 3. The Hall–Kier alpha value is -2.74. The molecule has 1 aliphatic heterocycles. The van der Waals surface area contributed by atoms with Crippen LogP contribution in [0.3, 0.4) is 0 Å². The minimum Gasteiger partial charge on any atom is -0.348 e. The lowest BCUT2D eigenvalue weighted by atomic mass is 9.78. The molecule has 170 valence electrons. The number of anilines is 2. The third-order valence-corrected chi connectivity index (χ3v) is 7.11. The van der Waals surface area contributed by atoms with Gasteiger partial charge in [-0.1, -0.05) is 19.3 Å². The summed E-state index contributed by atoms with van der Waals surface area (Å²) in [4.78, 5) is 38.2. The monoisotopic (exact) mass is 454 g/mol. The summed E-state index contributed by atoms with van der Waals surface area (Å²) in [5.74, 6) is 0.182. The number of hydrogen-bond acceptors (Lipinski definition) is 4. The van der Waals surface area contributed by atoms with E-state index in [9.17, 15) is 14.4 Å². The summed E-state index contributed by atoms with van der Waals surface area (Å²) < 4.78 is 2.18. The van der Waals surface area contributed by atoms with Gasteiger partial charge >= 0.3 is 0 Å². The van der Waals surface area contributed by atoms with Crippen molar-refractivity contribution in [2.45, 2.75) is 56.5 Å². The van der Waals surface area contributed by atoms with Crippen LogP contribution in [0.2, 0.25) is 0 Å². The molecule has 1 unspecified atom stereocenters. The Morgan fingerprint density at radius 3 is 2.66 bits per heavy atom. The van der Waals surface area contributed by atoms with Crippen LogP contribution in [0, 0.1) is 0 Å². The molecule has 0 spiro atoms. The van der Waals surface area contributed by atoms with E-state index >= 15 is 0 Å². The molecule has 8 heteroatoms. The first kappa shape index (κ1) is 22.5. The van der Waals surface area contributed by atoms with Crippen molar-refractivity contribution in [3.63, 3.8) is 0 Å². The van der Waals surface area contributed by atoms with Crippen molar-refractivity contribution in [2.75, 3.05) is 22.6 Å². The molecule has 1 saturated carbocycles. The van der Waals surface area contributed by atoms with Crippen LogP contribution in [-0.4, -0.2) is 40.3 Å². The van der Waals surface area contributed by atoms with Gasteiger partial charge in [-0.15, -0.1) is 0 Å². The highest BCUT2D eigenvalue weighted by molar-refractivity contribution is 7.98. The fourth-order valence-corrected chi connectivity index (χ4v) is 5.24. The second kappa shape index (κ2) is 9.81. The maximum atomic E-state index is 13.0. The number of rotatable bonds is 7. The Kier molecular flexibility index (Phi) is 6.89. The molecule has 3 amide bonds. The van der Waals surface area contributed by atoms with Gasteiger partial charge in [0.25, 0.3) is 5.91 Å². The lowest BCUT2D eigenvalue weighted by molar-refractivity contribution is -0.119. The first-order valence-electron chi connectivity index (χ1n) is 11.2. The van der Waals surface area contributed by atoms with Gasteiger partial charge in [-0.3, -0.25) is 14.4 Å². The summed E-state index contributed by atoms with van der Waals surface area (Å²) in [6, 6.07) is 8.49. The average molecular weight is 455 g/mol. The Morgan fingerprint density at radius 1 is 1.19 bits per heavy atom. The van der Waals surface area contributed by atoms with Crippen LogP contribution < -0.4 is 16.0 Å². The predicted molar refractivity (Wildman–Crippen MR) is 128 cm³/mol. The first-order valence-corrected chi connectivity index (χ1v) is 12.6. The van der Waals surface area contributed by atoms with Gasteiger partial charge in [0.05, 0.1) is 23.2 Å². The van der Waals surface area contributed by atoms with Crippen LogP contribution in [0.15, 0.2) is 42.7 Å². The van der Waals surface area contributed by atoms with Gasteiger partial charge < -0.3 is 20.5 Å². The third kappa shape index (κ3) is 4.85. The normalized spacial score (nSPS) is 20.0. The molecule has 1 aromatic heterocycles. The van der Waals surface area contributed by atoms with Gasteiger partial charge in [-0.2, -0.15) is 11.8 Å². The van der Waals surface area contributed by atoms with E-state index in [1.165, 1.54) is 6.42 Å². The zero-order valence-corrected chi connectivity index (χ0v) is 19.2. The zero-order chi connectivity index (χ0) is 22.6. The molecular formula is C24H30N4O3S. The summed E-state index contributed by atoms with van der Waals surface area (Å²) in [5, 5.41) is 8.62. The van der Waals surface area contributed by atoms with E-state index in [4.69, 9.17) is 0 Å². The van der Waals surface area contributed by atoms with Gasteiger partial charge in [0.2, 0.25) is 11.8 Å². The molecule has 2 heterocycles. The molecule has 0 radical (unpaired) electrons. The second-order valence-electron chi connectivity index (χ2n) is 8.66. The number of nitrogens with zero attached hydrogens (tertiary/aromatic N) is 1. The average Bonchev–Trinajstić information content (AvgIpc) is 3.30. The number of carbonyl (C=O) groups is 3. The maximum absolute atomic E-state index is 13.0. The lowest BCUT2D eigenvalue weighted by Crippen LogP contribution is -2.41. The number of amides is 3. The smallest absolute Gasteiger partial charge is 0.254 e. The van der Waals surface area contributed by atoms with Gasteiger partial charge in [0, 0.05) is 18.1 Å². The Bertz CT molecular complexity index is 983. The van der Waals surface area contributed by atoms with Crippen molar-refractivity contribution in [1.82, 2.24) is 9.88 Å². The van der Waals surface area contributed by atoms with Crippen LogP contribution in [0.25, 0.3) is 0 Å². The van der Waals surface area contributed by atoms with Crippen molar-refractivity contribution in [3.8, 4) is 0 Å². The first-order chi connectivity index (χ1) is 15.5. The van der Waals surface area contributed by atoms with Crippen molar-refractivity contribution in [1.29, 1.82) is 0 Å². The van der Waals surface area contributed by atoms with Crippen LogP contribution in [0.4, 0.5) is 11.4 Å². The van der Waals surface area contributed by atoms with Crippen molar-refractivity contribution < 1.29 is 14.4 Å². The quantitative estimate of drug-likeness (QED) is 0.590. The van der Waals surface area contributed by atoms with Crippen molar-refractivity contribution in [2.24, 2.45) is 0 Å². The summed E-state index contributed by atoms with van der Waals surface area (Å²) in [5.41, 5.74) is 1.18. The molecule has 7 nitrogen and oxygen atoms in total. The molecule has 0 saturated heterocycles. The number of aromatic nitrogens is 1. The molecule has 1 atom stereocenters. The van der Waals surface area contributed by atoms with Crippen LogP contribution in [0.5, 0.6) is 0 Å². The van der Waals surface area contributed by atoms with Crippen molar-refractivity contribution >= 4 is 40.9 Å². The van der Waals surface area contributed by atoms with E-state index < -0.39 is 6.04 Å². The largest absolute Gasteiger partial charge is 0.348 e. The molecule has 1 aromatic carbocycles. The number of fused-ring (bicyclic) bond motifs is 1. The molecule has 0 bridgehead atoms. The topological polar surface area (TPSA) is 92.2 Å². The van der Waals surface area contributed by atoms with Gasteiger partial charge in [-0.05, 0) is 61.6 Å². The SMILES string of the molecule is CSCCC1NC(=O)c2cc(NC(=O)CC3(n4cccc4)CCCCC3)ccc2NC1=O. The Labute approximate surface area is 192 Å². The number of carbonyl (C=O) groups excluding carboxylic acids is 3. The highest BCUT2D eigenvalue weighted by Gasteiger charge is 2.35. The number of hydrogen-bond donors (Lipinski definition) is 3. The minimum atomic E-state index is -0.562. The molecule has 4 rings (SSSR count). The minimum absolute atomic E-state index is 0.0727. The van der Waals surface area contributed by atoms with E-state index in [1.54, 1.807) is 30.0 Å². The molecule has 1 aliphatic carbocycles.